The third kappa shape index (κ3) is 12.3. The van der Waals surface area contributed by atoms with Crippen LogP contribution >= 0.6 is 23.2 Å². The maximum absolute atomic E-state index is 12.5. The van der Waals surface area contributed by atoms with Gasteiger partial charge in [-0.05, 0) is 87.9 Å². The number of amides is 2. The van der Waals surface area contributed by atoms with Gasteiger partial charge in [-0.25, -0.2) is 8.42 Å². The Morgan fingerprint density at radius 3 is 1.70 bits per heavy atom. The summed E-state index contributed by atoms with van der Waals surface area (Å²) in [5.74, 6) is 0.476. The van der Waals surface area contributed by atoms with Gasteiger partial charge >= 0.3 is 0 Å². The smallest absolute Gasteiger partial charge is 0.238 e. The van der Waals surface area contributed by atoms with Crippen molar-refractivity contribution in [2.75, 3.05) is 29.2 Å². The minimum absolute atomic E-state index is 0. The molecule has 10 nitrogen and oxygen atoms in total. The first kappa shape index (κ1) is 36.7. The van der Waals surface area contributed by atoms with E-state index >= 15 is 0 Å². The number of aromatic hydroxyl groups is 1. The standard InChI is InChI=1S/C31H39N5O5S2.ClH/c1-20(2)27-16-22(17-28(21(3)4)31(27)39)18-32-19-30(38)34-24-8-12-26(13-9-24)36-35-25-10-6-23(7-11-25)33-29(37)14-15-42-43(5,40)41;/h6-13,16-17,20-21,32,39H,14-15,18-19H2,1-5H3,(H,33,37)(H,34,38);1H. The number of anilines is 2. The van der Waals surface area contributed by atoms with Crippen LogP contribution < -0.4 is 16.0 Å². The van der Waals surface area contributed by atoms with Crippen LogP contribution in [0.3, 0.4) is 0 Å². The second-order valence-corrected chi connectivity index (χ2v) is 15.3. The zero-order valence-corrected chi connectivity index (χ0v) is 27.9. The van der Waals surface area contributed by atoms with E-state index in [9.17, 15) is 23.1 Å². The van der Waals surface area contributed by atoms with Crippen LogP contribution in [0.5, 0.6) is 5.75 Å². The van der Waals surface area contributed by atoms with Crippen LogP contribution in [0.2, 0.25) is 0 Å². The van der Waals surface area contributed by atoms with Gasteiger partial charge in [0.25, 0.3) is 0 Å². The molecular weight excluding hydrogens is 622 g/mol. The highest BCUT2D eigenvalue weighted by atomic mass is 35.5. The quantitative estimate of drug-likeness (QED) is 0.105. The van der Waals surface area contributed by atoms with Gasteiger partial charge in [-0.3, -0.25) is 9.59 Å². The molecule has 0 aromatic heterocycles. The van der Waals surface area contributed by atoms with E-state index in [2.05, 4.69) is 26.2 Å². The van der Waals surface area contributed by atoms with Gasteiger partial charge in [0.2, 0.25) is 11.8 Å². The van der Waals surface area contributed by atoms with Crippen LogP contribution in [0.25, 0.3) is 0 Å². The molecule has 13 heteroatoms. The maximum Gasteiger partial charge on any atom is 0.238 e. The summed E-state index contributed by atoms with van der Waals surface area (Å²) < 4.78 is 22.3. The molecule has 0 heterocycles. The molecule has 0 bridgehead atoms. The first-order valence-electron chi connectivity index (χ1n) is 13.9. The van der Waals surface area contributed by atoms with E-state index in [1.165, 1.54) is 0 Å². The Balaban J connectivity index is 0.00000675. The number of nitrogens with zero attached hydrogens (tertiary/aromatic N) is 2. The van der Waals surface area contributed by atoms with Crippen molar-refractivity contribution in [1.29, 1.82) is 0 Å². The summed E-state index contributed by atoms with van der Waals surface area (Å²) in [4.78, 5) is 24.5. The molecule has 0 aliphatic rings. The molecule has 3 aromatic carbocycles. The number of hydrogen-bond donors (Lipinski definition) is 4. The Morgan fingerprint density at radius 1 is 0.818 bits per heavy atom. The largest absolute Gasteiger partial charge is 0.507 e. The third-order valence-corrected chi connectivity index (χ3v) is 8.88. The molecule has 4 N–H and O–H groups in total. The molecule has 2 amide bonds. The molecule has 0 radical (unpaired) electrons. The first-order valence-corrected chi connectivity index (χ1v) is 17.3. The molecule has 0 aliphatic carbocycles. The van der Waals surface area contributed by atoms with Crippen molar-refractivity contribution < 1.29 is 23.1 Å². The van der Waals surface area contributed by atoms with E-state index in [-0.39, 0.29) is 54.8 Å². The maximum atomic E-state index is 12.5. The van der Waals surface area contributed by atoms with E-state index in [1.807, 2.05) is 39.8 Å². The second kappa shape index (κ2) is 17.1. The minimum Gasteiger partial charge on any atom is -0.507 e. The lowest BCUT2D eigenvalue weighted by Crippen LogP contribution is -2.27. The summed E-state index contributed by atoms with van der Waals surface area (Å²) in [5.41, 5.74) is 5.24. The van der Waals surface area contributed by atoms with Crippen molar-refractivity contribution in [3.63, 3.8) is 0 Å². The van der Waals surface area contributed by atoms with Crippen molar-refractivity contribution in [3.8, 4) is 5.75 Å². The predicted octanol–water partition coefficient (Wildman–Crippen LogP) is 7.23. The van der Waals surface area contributed by atoms with Crippen molar-refractivity contribution >= 4 is 66.6 Å². The molecule has 3 rings (SSSR count). The number of carbonyl (C=O) groups is 2. The predicted molar refractivity (Wildman–Crippen MR) is 181 cm³/mol. The van der Waals surface area contributed by atoms with Gasteiger partial charge in [0.1, 0.15) is 5.75 Å². The van der Waals surface area contributed by atoms with E-state index in [1.54, 1.807) is 48.5 Å². The highest BCUT2D eigenvalue weighted by Crippen LogP contribution is 2.34. The van der Waals surface area contributed by atoms with Crippen LogP contribution in [0.15, 0.2) is 70.9 Å². The lowest BCUT2D eigenvalue weighted by atomic mass is 9.91. The zero-order chi connectivity index (χ0) is 31.6. The second-order valence-electron chi connectivity index (χ2n) is 10.7. The van der Waals surface area contributed by atoms with Crippen LogP contribution in [0.4, 0.5) is 22.7 Å². The first-order chi connectivity index (χ1) is 20.3. The normalized spacial score (nSPS) is 11.5. The number of halogens is 1. The Bertz CT molecular complexity index is 1520. The van der Waals surface area contributed by atoms with Gasteiger partial charge in [0.05, 0.1) is 17.9 Å². The van der Waals surface area contributed by atoms with E-state index in [0.717, 1.165) is 33.7 Å². The zero-order valence-electron chi connectivity index (χ0n) is 25.5. The Morgan fingerprint density at radius 2 is 1.27 bits per heavy atom. The number of nitrogens with one attached hydrogen (secondary N) is 3. The minimum atomic E-state index is -3.17. The molecule has 0 saturated heterocycles. The number of carbonyl (C=O) groups excluding carboxylic acids is 2. The van der Waals surface area contributed by atoms with E-state index < -0.39 is 8.87 Å². The van der Waals surface area contributed by atoms with Crippen LogP contribution in [-0.2, 0) is 25.0 Å². The van der Waals surface area contributed by atoms with Gasteiger partial charge in [0, 0.05) is 36.3 Å². The molecular formula is C31H40ClN5O5S2. The Labute approximate surface area is 269 Å². The number of phenolic OH excluding ortho intramolecular Hbond substituents is 1. The summed E-state index contributed by atoms with van der Waals surface area (Å²) in [6.07, 6.45) is 1.20. The van der Waals surface area contributed by atoms with Gasteiger partial charge in [-0.2, -0.15) is 10.2 Å². The summed E-state index contributed by atoms with van der Waals surface area (Å²) in [6, 6.07) is 17.8. The Hall–Kier alpha value is -3.45. The molecule has 0 aliphatic heterocycles. The molecule has 44 heavy (non-hydrogen) atoms. The molecule has 0 atom stereocenters. The highest BCUT2D eigenvalue weighted by molar-refractivity contribution is 8.71. The van der Waals surface area contributed by atoms with Gasteiger partial charge in [-0.1, -0.05) is 39.8 Å². The topological polar surface area (TPSA) is 149 Å². The Kier molecular flexibility index (Phi) is 14.3. The van der Waals surface area contributed by atoms with Crippen molar-refractivity contribution in [1.82, 2.24) is 5.32 Å². The fraction of sp³-hybridized carbons (Fsp3) is 0.355. The number of rotatable bonds is 14. The van der Waals surface area contributed by atoms with Gasteiger partial charge < -0.3 is 21.1 Å². The van der Waals surface area contributed by atoms with E-state index in [4.69, 9.17) is 0 Å². The number of phenols is 1. The molecule has 0 spiro atoms. The van der Waals surface area contributed by atoms with Crippen molar-refractivity contribution in [2.45, 2.75) is 52.5 Å². The summed E-state index contributed by atoms with van der Waals surface area (Å²) in [6.45, 7) is 8.83. The average molecular weight is 662 g/mol. The number of benzene rings is 3. The lowest BCUT2D eigenvalue weighted by molar-refractivity contribution is -0.116. The fourth-order valence-electron chi connectivity index (χ4n) is 4.10. The van der Waals surface area contributed by atoms with Crippen LogP contribution in [-0.4, -0.2) is 43.9 Å². The molecule has 0 unspecified atom stereocenters. The fourth-order valence-corrected chi connectivity index (χ4v) is 5.83. The molecule has 0 saturated carbocycles. The summed E-state index contributed by atoms with van der Waals surface area (Å²) >= 11 is 0. The third-order valence-electron chi connectivity index (χ3n) is 6.30. The van der Waals surface area contributed by atoms with Crippen molar-refractivity contribution in [3.05, 3.63) is 77.4 Å². The lowest BCUT2D eigenvalue weighted by Gasteiger charge is -2.18. The summed E-state index contributed by atoms with van der Waals surface area (Å²) in [7, 11) is -2.43. The van der Waals surface area contributed by atoms with Crippen LogP contribution in [0.1, 0.15) is 62.6 Å². The van der Waals surface area contributed by atoms with Crippen LogP contribution in [0, 0.1) is 0 Å². The average Bonchev–Trinajstić information content (AvgIpc) is 2.93. The molecule has 0 fully saturated rings. The van der Waals surface area contributed by atoms with Gasteiger partial charge in [0.15, 0.2) is 8.87 Å². The SMILES string of the molecule is CC(C)c1cc(CNCC(=O)Nc2ccc(N=Nc3ccc(NC(=O)CCSS(C)(=O)=O)cc3)cc2)cc(C(C)C)c1O.Cl. The monoisotopic (exact) mass is 661 g/mol. The number of azo groups is 1. The van der Waals surface area contributed by atoms with Gasteiger partial charge in [-0.15, -0.1) is 12.4 Å². The molecule has 3 aromatic rings. The summed E-state index contributed by atoms with van der Waals surface area (Å²) in [5, 5.41) is 27.8. The van der Waals surface area contributed by atoms with E-state index in [0.29, 0.717) is 35.0 Å². The highest BCUT2D eigenvalue weighted by Gasteiger charge is 2.15. The van der Waals surface area contributed by atoms with Crippen molar-refractivity contribution in [2.24, 2.45) is 10.2 Å². The number of hydrogen-bond acceptors (Lipinski definition) is 9. The molecule has 238 valence electrons.